The number of nitrogens with zero attached hydrogens (tertiary/aromatic N) is 1. The first-order chi connectivity index (χ1) is 15.1. The normalized spacial score (nSPS) is 16.1. The van der Waals surface area contributed by atoms with E-state index in [1.807, 2.05) is 18.2 Å². The van der Waals surface area contributed by atoms with Crippen LogP contribution in [-0.4, -0.2) is 53.1 Å². The number of hydrogen-bond acceptors (Lipinski definition) is 5. The van der Waals surface area contributed by atoms with E-state index in [9.17, 15) is 13.2 Å². The predicted octanol–water partition coefficient (Wildman–Crippen LogP) is 4.12. The summed E-state index contributed by atoms with van der Waals surface area (Å²) < 4.78 is 34.0. The van der Waals surface area contributed by atoms with E-state index in [-0.39, 0.29) is 16.5 Å². The molecule has 1 N–H and O–H groups in total. The molecular weight excluding hydrogens is 440 g/mol. The van der Waals surface area contributed by atoms with E-state index in [0.717, 1.165) is 38.5 Å². The van der Waals surface area contributed by atoms with Crippen molar-refractivity contribution in [3.8, 4) is 0 Å². The number of esters is 1. The molecule has 1 aliphatic rings. The third-order valence-electron chi connectivity index (χ3n) is 5.62. The minimum Gasteiger partial charge on any atom is -0.462 e. The highest BCUT2D eigenvalue weighted by Gasteiger charge is 2.25. The standard InChI is InChI=1S/C24H34N2O4SSi/c1-32(2,3)17-16-30-24(27)21-10-7-11-23(18-21)31(28,29)25-22-12-14-26(15-13-22)19-20-8-5-4-6-9-20/h4-11,18,22,25H,12-17,19H2,1-3H3. The molecule has 3 rings (SSSR count). The van der Waals surface area contributed by atoms with Gasteiger partial charge in [-0.2, -0.15) is 0 Å². The monoisotopic (exact) mass is 474 g/mol. The van der Waals surface area contributed by atoms with Gasteiger partial charge in [0.1, 0.15) is 0 Å². The zero-order chi connectivity index (χ0) is 23.2. The maximum atomic E-state index is 12.9. The van der Waals surface area contributed by atoms with Gasteiger partial charge in [-0.15, -0.1) is 0 Å². The fourth-order valence-electron chi connectivity index (χ4n) is 3.66. The van der Waals surface area contributed by atoms with E-state index in [4.69, 9.17) is 4.74 Å². The smallest absolute Gasteiger partial charge is 0.338 e. The number of hydrogen-bond donors (Lipinski definition) is 1. The van der Waals surface area contributed by atoms with Crippen LogP contribution in [0.5, 0.6) is 0 Å². The van der Waals surface area contributed by atoms with Gasteiger partial charge in [-0.1, -0.05) is 56.0 Å². The van der Waals surface area contributed by atoms with Crippen LogP contribution in [-0.2, 0) is 21.3 Å². The highest BCUT2D eigenvalue weighted by Crippen LogP contribution is 2.18. The Balaban J connectivity index is 1.54. The molecule has 0 atom stereocenters. The summed E-state index contributed by atoms with van der Waals surface area (Å²) in [6.07, 6.45) is 1.51. The first-order valence-electron chi connectivity index (χ1n) is 11.2. The molecule has 2 aromatic rings. The van der Waals surface area contributed by atoms with Crippen LogP contribution in [0.25, 0.3) is 0 Å². The Hall–Kier alpha value is -2.00. The number of likely N-dealkylation sites (tertiary alicyclic amines) is 1. The molecule has 0 spiro atoms. The lowest BCUT2D eigenvalue weighted by atomic mass is 10.1. The van der Waals surface area contributed by atoms with Gasteiger partial charge < -0.3 is 4.74 Å². The van der Waals surface area contributed by atoms with Gasteiger partial charge in [-0.25, -0.2) is 17.9 Å². The first kappa shape index (κ1) is 24.6. The third-order valence-corrected chi connectivity index (χ3v) is 8.85. The van der Waals surface area contributed by atoms with Crippen molar-refractivity contribution in [1.29, 1.82) is 0 Å². The average Bonchev–Trinajstić information content (AvgIpc) is 2.75. The molecule has 0 aliphatic carbocycles. The van der Waals surface area contributed by atoms with Gasteiger partial charge in [0, 0.05) is 33.7 Å². The first-order valence-corrected chi connectivity index (χ1v) is 16.4. The van der Waals surface area contributed by atoms with Crippen molar-refractivity contribution in [1.82, 2.24) is 9.62 Å². The van der Waals surface area contributed by atoms with Crippen LogP contribution in [0.2, 0.25) is 25.7 Å². The Labute approximate surface area is 193 Å². The molecule has 1 saturated heterocycles. The Morgan fingerprint density at radius 2 is 1.75 bits per heavy atom. The van der Waals surface area contributed by atoms with E-state index in [2.05, 4.69) is 41.4 Å². The largest absolute Gasteiger partial charge is 0.462 e. The summed E-state index contributed by atoms with van der Waals surface area (Å²) in [5, 5.41) is 0. The molecule has 0 radical (unpaired) electrons. The number of benzene rings is 2. The Morgan fingerprint density at radius 1 is 1.06 bits per heavy atom. The van der Waals surface area contributed by atoms with Crippen molar-refractivity contribution in [2.24, 2.45) is 0 Å². The molecule has 0 bridgehead atoms. The summed E-state index contributed by atoms with van der Waals surface area (Å²) in [7, 11) is -5.01. The van der Waals surface area contributed by atoms with Gasteiger partial charge in [-0.3, -0.25) is 4.90 Å². The van der Waals surface area contributed by atoms with Gasteiger partial charge in [0.05, 0.1) is 17.1 Å². The lowest BCUT2D eigenvalue weighted by Crippen LogP contribution is -2.44. The van der Waals surface area contributed by atoms with Crippen LogP contribution in [0.3, 0.4) is 0 Å². The molecule has 1 aliphatic heterocycles. The highest BCUT2D eigenvalue weighted by atomic mass is 32.2. The van der Waals surface area contributed by atoms with Crippen LogP contribution in [0.1, 0.15) is 28.8 Å². The molecule has 0 aromatic heterocycles. The van der Waals surface area contributed by atoms with Crippen LogP contribution in [0.15, 0.2) is 59.5 Å². The van der Waals surface area contributed by atoms with Crippen molar-refractivity contribution < 1.29 is 17.9 Å². The molecule has 8 heteroatoms. The minimum atomic E-state index is -3.71. The van der Waals surface area contributed by atoms with Gasteiger partial charge in [0.15, 0.2) is 0 Å². The maximum Gasteiger partial charge on any atom is 0.338 e. The number of piperidine rings is 1. The number of carbonyl (C=O) groups excluding carboxylic acids is 1. The average molecular weight is 475 g/mol. The number of sulfonamides is 1. The lowest BCUT2D eigenvalue weighted by molar-refractivity contribution is 0.0525. The Kier molecular flexibility index (Phi) is 8.27. The zero-order valence-corrected chi connectivity index (χ0v) is 21.0. The zero-order valence-electron chi connectivity index (χ0n) is 19.2. The van der Waals surface area contributed by atoms with Crippen LogP contribution < -0.4 is 4.72 Å². The topological polar surface area (TPSA) is 75.7 Å². The SMILES string of the molecule is C[Si](C)(C)CCOC(=O)c1cccc(S(=O)(=O)NC2CCN(Cc3ccccc3)CC2)c1. The van der Waals surface area contributed by atoms with Gasteiger partial charge in [0.2, 0.25) is 10.0 Å². The molecule has 1 heterocycles. The fraction of sp³-hybridized carbons (Fsp3) is 0.458. The molecule has 174 valence electrons. The fourth-order valence-corrected chi connectivity index (χ4v) is 5.73. The quantitative estimate of drug-likeness (QED) is 0.437. The number of nitrogens with one attached hydrogen (secondary N) is 1. The summed E-state index contributed by atoms with van der Waals surface area (Å²) in [5.41, 5.74) is 1.53. The second-order valence-electron chi connectivity index (χ2n) is 9.63. The van der Waals surface area contributed by atoms with Crippen molar-refractivity contribution >= 4 is 24.1 Å². The minimum absolute atomic E-state index is 0.101. The summed E-state index contributed by atoms with van der Waals surface area (Å²) >= 11 is 0. The van der Waals surface area contributed by atoms with E-state index >= 15 is 0 Å². The van der Waals surface area contributed by atoms with Crippen molar-refractivity contribution in [3.05, 3.63) is 65.7 Å². The van der Waals surface area contributed by atoms with E-state index in [1.165, 1.54) is 17.7 Å². The molecule has 2 aromatic carbocycles. The molecule has 6 nitrogen and oxygen atoms in total. The van der Waals surface area contributed by atoms with Gasteiger partial charge in [0.25, 0.3) is 0 Å². The summed E-state index contributed by atoms with van der Waals surface area (Å²) in [6, 6.07) is 17.2. The second-order valence-corrected chi connectivity index (χ2v) is 17.0. The van der Waals surface area contributed by atoms with E-state index in [0.29, 0.717) is 6.61 Å². The van der Waals surface area contributed by atoms with E-state index in [1.54, 1.807) is 12.1 Å². The molecular formula is C24H34N2O4SSi. The second kappa shape index (κ2) is 10.7. The van der Waals surface area contributed by atoms with Crippen LogP contribution in [0.4, 0.5) is 0 Å². The third kappa shape index (κ3) is 7.55. The molecule has 0 amide bonds. The number of rotatable bonds is 9. The van der Waals surface area contributed by atoms with E-state index < -0.39 is 24.1 Å². The Bertz CT molecular complexity index is 998. The van der Waals surface area contributed by atoms with Crippen molar-refractivity contribution in [2.75, 3.05) is 19.7 Å². The number of ether oxygens (including phenoxy) is 1. The van der Waals surface area contributed by atoms with Gasteiger partial charge >= 0.3 is 5.97 Å². The highest BCUT2D eigenvalue weighted by molar-refractivity contribution is 7.89. The molecule has 0 saturated carbocycles. The van der Waals surface area contributed by atoms with Crippen molar-refractivity contribution in [2.45, 2.75) is 56.0 Å². The molecule has 32 heavy (non-hydrogen) atoms. The van der Waals surface area contributed by atoms with Crippen molar-refractivity contribution in [3.63, 3.8) is 0 Å². The number of carbonyl (C=O) groups is 1. The molecule has 1 fully saturated rings. The van der Waals surface area contributed by atoms with Crippen LogP contribution >= 0.6 is 0 Å². The Morgan fingerprint density at radius 3 is 2.41 bits per heavy atom. The van der Waals surface area contributed by atoms with Crippen LogP contribution in [0, 0.1) is 0 Å². The lowest BCUT2D eigenvalue weighted by Gasteiger charge is -2.32. The molecule has 0 unspecified atom stereocenters. The van der Waals surface area contributed by atoms with Gasteiger partial charge in [-0.05, 0) is 42.6 Å². The predicted molar refractivity (Wildman–Crippen MR) is 130 cm³/mol. The summed E-state index contributed by atoms with van der Waals surface area (Å²) in [6.45, 7) is 9.56. The summed E-state index contributed by atoms with van der Waals surface area (Å²) in [4.78, 5) is 14.8. The summed E-state index contributed by atoms with van der Waals surface area (Å²) in [5.74, 6) is -0.477. The maximum absolute atomic E-state index is 12.9.